The number of fused-ring (bicyclic) bond motifs is 1. The van der Waals surface area contributed by atoms with Crippen LogP contribution < -0.4 is 20.1 Å². The largest absolute Gasteiger partial charge is 0.493 e. The van der Waals surface area contributed by atoms with Gasteiger partial charge in [-0.05, 0) is 75.2 Å². The monoisotopic (exact) mass is 785 g/mol. The molecule has 5 aromatic carbocycles. The van der Waals surface area contributed by atoms with E-state index in [1.54, 1.807) is 14.2 Å². The molecule has 0 unspecified atom stereocenters. The normalized spacial score (nSPS) is 18.4. The zero-order valence-corrected chi connectivity index (χ0v) is 33.2. The number of rotatable bonds is 14. The minimum absolute atomic E-state index is 0.0187. The lowest BCUT2D eigenvalue weighted by molar-refractivity contribution is -0.253. The molecule has 11 nitrogen and oxygen atoms in total. The average Bonchev–Trinajstić information content (AvgIpc) is 3.27. The van der Waals surface area contributed by atoms with Crippen LogP contribution >= 0.6 is 0 Å². The van der Waals surface area contributed by atoms with Crippen molar-refractivity contribution in [2.45, 2.75) is 63.5 Å². The van der Waals surface area contributed by atoms with Crippen LogP contribution in [0.15, 0.2) is 115 Å². The van der Waals surface area contributed by atoms with Crippen LogP contribution in [0.2, 0.25) is 0 Å². The number of aliphatic hydroxyl groups excluding tert-OH is 1. The zero-order valence-electron chi connectivity index (χ0n) is 33.2. The lowest BCUT2D eigenvalue weighted by Gasteiger charge is -2.39. The Morgan fingerprint density at radius 1 is 0.776 bits per heavy atom. The maximum Gasteiger partial charge on any atom is 0.328 e. The number of methoxy groups -OCH3 is 3. The molecule has 0 aliphatic carbocycles. The molecular weight excluding hydrogens is 735 g/mol. The Labute approximate surface area is 339 Å². The molecule has 0 saturated carbocycles. The van der Waals surface area contributed by atoms with E-state index in [1.807, 2.05) is 97.1 Å². The second-order valence-electron chi connectivity index (χ2n) is 14.7. The standard InChI is InChI=1S/C47H51N3O8/c1-54-43-24-37-19-20-50(28-39(37)25-44(43)55-2)29-40-26-42(34-17-15-32(30-51)16-18-34)58-46(57-40)38-14-8-13-36(23-38)35-12-7-11-33(21-35)27-48-47(53)49-41(45(52)56-3)22-31-9-5-4-6-10-31/h4-18,21,23-25,40-42,46,51H,19-20,22,26-30H2,1-3H3,(H2,48,49,53)/t40-,41-,42+,46+/m0/s1. The lowest BCUT2D eigenvalue weighted by atomic mass is 9.96. The Balaban J connectivity index is 1.05. The van der Waals surface area contributed by atoms with Crippen LogP contribution in [0.3, 0.4) is 0 Å². The van der Waals surface area contributed by atoms with Gasteiger partial charge in [-0.25, -0.2) is 9.59 Å². The SMILES string of the molecule is COC(=O)[C@H](Cc1ccccc1)NC(=O)NCc1cccc(-c2cccc([C@@H]3O[C@H](CN4CCc5cc(OC)c(OC)cc5C4)C[C@H](c4ccc(CO)cc4)O3)c2)c1. The summed E-state index contributed by atoms with van der Waals surface area (Å²) in [5.74, 6) is 0.967. The number of nitrogens with zero attached hydrogens (tertiary/aromatic N) is 1. The van der Waals surface area contributed by atoms with Gasteiger partial charge >= 0.3 is 12.0 Å². The van der Waals surface area contributed by atoms with Gasteiger partial charge in [-0.2, -0.15) is 0 Å². The maximum atomic E-state index is 12.9. The molecule has 0 radical (unpaired) electrons. The summed E-state index contributed by atoms with van der Waals surface area (Å²) in [7, 11) is 4.64. The molecule has 1 fully saturated rings. The fourth-order valence-corrected chi connectivity index (χ4v) is 7.72. The molecule has 4 atom stereocenters. The molecule has 0 aromatic heterocycles. The van der Waals surface area contributed by atoms with Crippen LogP contribution in [-0.4, -0.2) is 68.6 Å². The Morgan fingerprint density at radius 2 is 1.48 bits per heavy atom. The predicted molar refractivity (Wildman–Crippen MR) is 220 cm³/mol. The highest BCUT2D eigenvalue weighted by atomic mass is 16.7. The molecule has 0 bridgehead atoms. The maximum absolute atomic E-state index is 12.9. The first-order valence-corrected chi connectivity index (χ1v) is 19.6. The third kappa shape index (κ3) is 10.0. The number of amides is 2. The molecule has 1 saturated heterocycles. The highest BCUT2D eigenvalue weighted by Crippen LogP contribution is 2.40. The second-order valence-corrected chi connectivity index (χ2v) is 14.7. The van der Waals surface area contributed by atoms with E-state index in [0.29, 0.717) is 12.8 Å². The van der Waals surface area contributed by atoms with E-state index in [1.165, 1.54) is 18.2 Å². The van der Waals surface area contributed by atoms with Gasteiger partial charge in [-0.3, -0.25) is 4.90 Å². The predicted octanol–water partition coefficient (Wildman–Crippen LogP) is 7.05. The van der Waals surface area contributed by atoms with Crippen molar-refractivity contribution in [3.05, 3.63) is 154 Å². The first-order valence-electron chi connectivity index (χ1n) is 19.6. The van der Waals surface area contributed by atoms with Gasteiger partial charge in [0.1, 0.15) is 6.04 Å². The number of benzene rings is 5. The third-order valence-corrected chi connectivity index (χ3v) is 10.8. The van der Waals surface area contributed by atoms with Gasteiger partial charge in [-0.15, -0.1) is 0 Å². The summed E-state index contributed by atoms with van der Waals surface area (Å²) in [5.41, 5.74) is 9.04. The molecule has 5 aromatic rings. The molecule has 11 heteroatoms. The van der Waals surface area contributed by atoms with Crippen LogP contribution in [-0.2, 0) is 51.5 Å². The van der Waals surface area contributed by atoms with Gasteiger partial charge in [0.15, 0.2) is 17.8 Å². The summed E-state index contributed by atoms with van der Waals surface area (Å²) >= 11 is 0. The van der Waals surface area contributed by atoms with Crippen molar-refractivity contribution >= 4 is 12.0 Å². The van der Waals surface area contributed by atoms with Crippen molar-refractivity contribution in [2.75, 3.05) is 34.4 Å². The Kier molecular flexibility index (Phi) is 13.4. The number of urea groups is 1. The fraction of sp³-hybridized carbons (Fsp3) is 0.319. The number of esters is 1. The molecule has 2 aliphatic rings. The van der Waals surface area contributed by atoms with Gasteiger partial charge in [0.25, 0.3) is 0 Å². The van der Waals surface area contributed by atoms with E-state index >= 15 is 0 Å². The van der Waals surface area contributed by atoms with Crippen LogP contribution in [0.25, 0.3) is 11.1 Å². The van der Waals surface area contributed by atoms with E-state index in [2.05, 4.69) is 33.7 Å². The van der Waals surface area contributed by atoms with Crippen molar-refractivity contribution in [1.29, 1.82) is 0 Å². The first kappa shape index (κ1) is 40.5. The zero-order chi connectivity index (χ0) is 40.4. The number of ether oxygens (including phenoxy) is 5. The molecule has 2 amide bonds. The van der Waals surface area contributed by atoms with Crippen molar-refractivity contribution in [3.8, 4) is 22.6 Å². The Bertz CT molecular complexity index is 2160. The summed E-state index contributed by atoms with van der Waals surface area (Å²) in [6.45, 7) is 2.64. The highest BCUT2D eigenvalue weighted by molar-refractivity contribution is 5.83. The number of nitrogens with one attached hydrogen (secondary N) is 2. The van der Waals surface area contributed by atoms with E-state index < -0.39 is 24.3 Å². The lowest BCUT2D eigenvalue weighted by Crippen LogP contribution is -2.47. The topological polar surface area (TPSA) is 128 Å². The van der Waals surface area contributed by atoms with Gasteiger partial charge in [0.2, 0.25) is 0 Å². The molecule has 7 rings (SSSR count). The van der Waals surface area contributed by atoms with Crippen LogP contribution in [0.5, 0.6) is 11.5 Å². The fourth-order valence-electron chi connectivity index (χ4n) is 7.72. The summed E-state index contributed by atoms with van der Waals surface area (Å²) in [6, 6.07) is 36.5. The molecule has 2 aliphatic heterocycles. The van der Waals surface area contributed by atoms with E-state index in [9.17, 15) is 14.7 Å². The minimum Gasteiger partial charge on any atom is -0.493 e. The van der Waals surface area contributed by atoms with Gasteiger partial charge in [0.05, 0.1) is 40.1 Å². The molecule has 58 heavy (non-hydrogen) atoms. The summed E-state index contributed by atoms with van der Waals surface area (Å²) in [4.78, 5) is 27.9. The molecular formula is C47H51N3O8. The van der Waals surface area contributed by atoms with Gasteiger partial charge < -0.3 is 39.4 Å². The molecule has 0 spiro atoms. The first-order chi connectivity index (χ1) is 28.3. The van der Waals surface area contributed by atoms with Crippen LogP contribution in [0.1, 0.15) is 57.8 Å². The van der Waals surface area contributed by atoms with E-state index in [-0.39, 0.29) is 25.4 Å². The number of hydrogen-bond donors (Lipinski definition) is 3. The van der Waals surface area contributed by atoms with E-state index in [4.69, 9.17) is 23.7 Å². The summed E-state index contributed by atoms with van der Waals surface area (Å²) < 4.78 is 29.6. The van der Waals surface area contributed by atoms with Crippen LogP contribution in [0.4, 0.5) is 4.79 Å². The number of carbonyl (C=O) groups excluding carboxylic acids is 2. The van der Waals surface area contributed by atoms with Gasteiger partial charge in [-0.1, -0.05) is 91.0 Å². The van der Waals surface area contributed by atoms with Crippen molar-refractivity contribution in [2.24, 2.45) is 0 Å². The quantitative estimate of drug-likeness (QED) is 0.102. The number of carbonyl (C=O) groups is 2. The third-order valence-electron chi connectivity index (χ3n) is 10.8. The van der Waals surface area contributed by atoms with Crippen molar-refractivity contribution in [3.63, 3.8) is 0 Å². The average molecular weight is 786 g/mol. The summed E-state index contributed by atoms with van der Waals surface area (Å²) in [5, 5.41) is 15.3. The molecule has 2 heterocycles. The van der Waals surface area contributed by atoms with E-state index in [0.717, 1.165) is 76.5 Å². The second kappa shape index (κ2) is 19.1. The highest BCUT2D eigenvalue weighted by Gasteiger charge is 2.34. The summed E-state index contributed by atoms with van der Waals surface area (Å²) in [6.07, 6.45) is 0.955. The van der Waals surface area contributed by atoms with Crippen molar-refractivity contribution < 1.29 is 38.4 Å². The number of hydrogen-bond acceptors (Lipinski definition) is 9. The minimum atomic E-state index is -0.824. The number of aliphatic hydroxyl groups is 1. The van der Waals surface area contributed by atoms with Crippen molar-refractivity contribution in [1.82, 2.24) is 15.5 Å². The Morgan fingerprint density at radius 3 is 2.21 bits per heavy atom. The molecule has 3 N–H and O–H groups in total. The van der Waals surface area contributed by atoms with Crippen LogP contribution in [0, 0.1) is 0 Å². The Hall–Kier alpha value is -5.72. The van der Waals surface area contributed by atoms with Gasteiger partial charge in [0, 0.05) is 44.6 Å². The molecule has 302 valence electrons. The smallest absolute Gasteiger partial charge is 0.328 e.